The summed E-state index contributed by atoms with van der Waals surface area (Å²) in [6.07, 6.45) is 0. The van der Waals surface area contributed by atoms with E-state index in [1.165, 1.54) is 12.1 Å². The number of carbonyl (C=O) groups excluding carboxylic acids is 1. The SMILES string of the molecule is CC(NC(=O)c1cc(=O)[nH]c2ccccc12)c1ccccc1F. The summed E-state index contributed by atoms with van der Waals surface area (Å²) in [5.41, 5.74) is 0.902. The standard InChI is InChI=1S/C18H15FN2O2/c1-11(12-6-2-4-8-15(12)19)20-18(23)14-10-17(22)21-16-9-5-3-7-13(14)16/h2-11H,1H3,(H,20,23)(H,21,22). The van der Waals surface area contributed by atoms with E-state index >= 15 is 0 Å². The molecule has 1 aromatic heterocycles. The van der Waals surface area contributed by atoms with Crippen LogP contribution in [0, 0.1) is 5.82 Å². The first-order chi connectivity index (χ1) is 11.1. The predicted octanol–water partition coefficient (Wildman–Crippen LogP) is 3.16. The summed E-state index contributed by atoms with van der Waals surface area (Å²) in [6.45, 7) is 1.70. The molecule has 0 spiro atoms. The van der Waals surface area contributed by atoms with Gasteiger partial charge in [0, 0.05) is 22.5 Å². The summed E-state index contributed by atoms with van der Waals surface area (Å²) in [6, 6.07) is 14.1. The summed E-state index contributed by atoms with van der Waals surface area (Å²) in [5, 5.41) is 3.38. The lowest BCUT2D eigenvalue weighted by atomic mass is 10.1. The summed E-state index contributed by atoms with van der Waals surface area (Å²) >= 11 is 0. The first kappa shape index (κ1) is 15.0. The molecule has 2 N–H and O–H groups in total. The number of amides is 1. The second-order valence-electron chi connectivity index (χ2n) is 5.31. The Morgan fingerprint density at radius 2 is 1.83 bits per heavy atom. The van der Waals surface area contributed by atoms with Crippen molar-refractivity contribution < 1.29 is 9.18 Å². The molecule has 116 valence electrons. The lowest BCUT2D eigenvalue weighted by molar-refractivity contribution is 0.0941. The molecule has 0 aliphatic carbocycles. The lowest BCUT2D eigenvalue weighted by Crippen LogP contribution is -2.28. The van der Waals surface area contributed by atoms with E-state index in [4.69, 9.17) is 0 Å². The zero-order chi connectivity index (χ0) is 16.4. The number of carbonyl (C=O) groups is 1. The van der Waals surface area contributed by atoms with E-state index in [1.54, 1.807) is 49.4 Å². The molecule has 0 aliphatic rings. The monoisotopic (exact) mass is 310 g/mol. The summed E-state index contributed by atoms with van der Waals surface area (Å²) < 4.78 is 13.8. The molecule has 5 heteroatoms. The maximum atomic E-state index is 13.8. The van der Waals surface area contributed by atoms with Gasteiger partial charge < -0.3 is 10.3 Å². The minimum absolute atomic E-state index is 0.271. The van der Waals surface area contributed by atoms with Gasteiger partial charge in [0.1, 0.15) is 5.82 Å². The van der Waals surface area contributed by atoms with Crippen molar-refractivity contribution in [3.8, 4) is 0 Å². The van der Waals surface area contributed by atoms with Crippen molar-refractivity contribution in [2.24, 2.45) is 0 Å². The molecule has 0 saturated heterocycles. The van der Waals surface area contributed by atoms with E-state index in [2.05, 4.69) is 10.3 Å². The molecule has 0 fully saturated rings. The molecule has 1 atom stereocenters. The molecular formula is C18H15FN2O2. The number of H-pyrrole nitrogens is 1. The highest BCUT2D eigenvalue weighted by Gasteiger charge is 2.16. The fraction of sp³-hybridized carbons (Fsp3) is 0.111. The van der Waals surface area contributed by atoms with Crippen molar-refractivity contribution in [1.29, 1.82) is 0 Å². The molecule has 3 aromatic rings. The Morgan fingerprint density at radius 3 is 2.61 bits per heavy atom. The van der Waals surface area contributed by atoms with Crippen LogP contribution in [0.2, 0.25) is 0 Å². The van der Waals surface area contributed by atoms with Gasteiger partial charge in [0.15, 0.2) is 0 Å². The number of para-hydroxylation sites is 1. The Bertz CT molecular complexity index is 933. The average molecular weight is 310 g/mol. The topological polar surface area (TPSA) is 62.0 Å². The molecule has 23 heavy (non-hydrogen) atoms. The molecule has 4 nitrogen and oxygen atoms in total. The number of hydrogen-bond donors (Lipinski definition) is 2. The van der Waals surface area contributed by atoms with Crippen LogP contribution in [0.5, 0.6) is 0 Å². The van der Waals surface area contributed by atoms with E-state index in [1.807, 2.05) is 0 Å². The van der Waals surface area contributed by atoms with Crippen LogP contribution >= 0.6 is 0 Å². The highest BCUT2D eigenvalue weighted by Crippen LogP contribution is 2.19. The second-order valence-corrected chi connectivity index (χ2v) is 5.31. The van der Waals surface area contributed by atoms with Crippen LogP contribution in [-0.4, -0.2) is 10.9 Å². The number of benzene rings is 2. The van der Waals surface area contributed by atoms with Crippen molar-refractivity contribution in [3.63, 3.8) is 0 Å². The predicted molar refractivity (Wildman–Crippen MR) is 86.8 cm³/mol. The summed E-state index contributed by atoms with van der Waals surface area (Å²) in [7, 11) is 0. The molecule has 0 saturated carbocycles. The fourth-order valence-electron chi connectivity index (χ4n) is 2.57. The van der Waals surface area contributed by atoms with Gasteiger partial charge in [0.2, 0.25) is 5.56 Å². The highest BCUT2D eigenvalue weighted by molar-refractivity contribution is 6.06. The highest BCUT2D eigenvalue weighted by atomic mass is 19.1. The minimum Gasteiger partial charge on any atom is -0.345 e. The average Bonchev–Trinajstić information content (AvgIpc) is 2.54. The Kier molecular flexibility index (Phi) is 3.93. The van der Waals surface area contributed by atoms with Gasteiger partial charge in [-0.2, -0.15) is 0 Å². The molecule has 1 heterocycles. The molecular weight excluding hydrogens is 295 g/mol. The maximum absolute atomic E-state index is 13.8. The maximum Gasteiger partial charge on any atom is 0.252 e. The number of hydrogen-bond acceptors (Lipinski definition) is 2. The third-order valence-corrected chi connectivity index (χ3v) is 3.71. The first-order valence-corrected chi connectivity index (χ1v) is 7.23. The minimum atomic E-state index is -0.512. The molecule has 0 aliphatic heterocycles. The fourth-order valence-corrected chi connectivity index (χ4v) is 2.57. The van der Waals surface area contributed by atoms with E-state index in [0.717, 1.165) is 0 Å². The van der Waals surface area contributed by atoms with Crippen molar-refractivity contribution in [2.75, 3.05) is 0 Å². The molecule has 1 amide bonds. The summed E-state index contributed by atoms with van der Waals surface area (Å²) in [5.74, 6) is -0.792. The van der Waals surface area contributed by atoms with Gasteiger partial charge >= 0.3 is 0 Å². The Labute approximate surface area is 132 Å². The number of nitrogens with one attached hydrogen (secondary N) is 2. The van der Waals surface area contributed by atoms with Crippen LogP contribution in [0.15, 0.2) is 59.4 Å². The molecule has 2 aromatic carbocycles. The number of aromatic amines is 1. The van der Waals surface area contributed by atoms with Gasteiger partial charge in [-0.1, -0.05) is 36.4 Å². The lowest BCUT2D eigenvalue weighted by Gasteiger charge is -2.15. The van der Waals surface area contributed by atoms with Crippen molar-refractivity contribution in [3.05, 3.63) is 81.9 Å². The van der Waals surface area contributed by atoms with E-state index in [-0.39, 0.29) is 16.9 Å². The molecule has 0 radical (unpaired) electrons. The third-order valence-electron chi connectivity index (χ3n) is 3.71. The second kappa shape index (κ2) is 6.04. The van der Waals surface area contributed by atoms with Crippen LogP contribution in [0.4, 0.5) is 4.39 Å². The number of fused-ring (bicyclic) bond motifs is 1. The quantitative estimate of drug-likeness (QED) is 0.780. The Hall–Kier alpha value is -2.95. The summed E-state index contributed by atoms with van der Waals surface area (Å²) in [4.78, 5) is 26.9. The van der Waals surface area contributed by atoms with E-state index in [0.29, 0.717) is 16.5 Å². The number of rotatable bonds is 3. The largest absolute Gasteiger partial charge is 0.345 e. The zero-order valence-corrected chi connectivity index (χ0v) is 12.5. The van der Waals surface area contributed by atoms with Crippen molar-refractivity contribution in [1.82, 2.24) is 10.3 Å². The normalized spacial score (nSPS) is 12.1. The van der Waals surface area contributed by atoms with Gasteiger partial charge in [-0.25, -0.2) is 4.39 Å². The zero-order valence-electron chi connectivity index (χ0n) is 12.5. The Morgan fingerprint density at radius 1 is 1.13 bits per heavy atom. The number of pyridine rings is 1. The van der Waals surface area contributed by atoms with Crippen molar-refractivity contribution in [2.45, 2.75) is 13.0 Å². The van der Waals surface area contributed by atoms with Crippen LogP contribution in [0.1, 0.15) is 28.9 Å². The van der Waals surface area contributed by atoms with Gasteiger partial charge in [-0.3, -0.25) is 9.59 Å². The smallest absolute Gasteiger partial charge is 0.252 e. The Balaban J connectivity index is 1.95. The van der Waals surface area contributed by atoms with E-state index in [9.17, 15) is 14.0 Å². The van der Waals surface area contributed by atoms with Crippen LogP contribution in [-0.2, 0) is 0 Å². The van der Waals surface area contributed by atoms with Gasteiger partial charge in [0.25, 0.3) is 5.91 Å². The van der Waals surface area contributed by atoms with Gasteiger partial charge in [0.05, 0.1) is 11.6 Å². The van der Waals surface area contributed by atoms with Gasteiger partial charge in [-0.15, -0.1) is 0 Å². The molecule has 3 rings (SSSR count). The van der Waals surface area contributed by atoms with Crippen molar-refractivity contribution >= 4 is 16.8 Å². The van der Waals surface area contributed by atoms with Crippen LogP contribution in [0.25, 0.3) is 10.9 Å². The first-order valence-electron chi connectivity index (χ1n) is 7.23. The van der Waals surface area contributed by atoms with Crippen LogP contribution < -0.4 is 10.9 Å². The van der Waals surface area contributed by atoms with E-state index < -0.39 is 11.9 Å². The third kappa shape index (κ3) is 2.99. The molecule has 0 bridgehead atoms. The molecule has 1 unspecified atom stereocenters. The number of aromatic nitrogens is 1. The number of halogens is 1. The van der Waals surface area contributed by atoms with Crippen LogP contribution in [0.3, 0.4) is 0 Å². The van der Waals surface area contributed by atoms with Gasteiger partial charge in [-0.05, 0) is 19.1 Å².